The number of ether oxygens (including phenoxy) is 1. The van der Waals surface area contributed by atoms with Gasteiger partial charge in [-0.2, -0.15) is 5.10 Å². The first-order chi connectivity index (χ1) is 14.0. The minimum absolute atomic E-state index is 0.319. The molecule has 0 spiro atoms. The van der Waals surface area contributed by atoms with E-state index in [1.807, 2.05) is 37.4 Å². The van der Waals surface area contributed by atoms with Gasteiger partial charge in [0.05, 0.1) is 24.1 Å². The van der Waals surface area contributed by atoms with E-state index < -0.39 is 11.6 Å². The Morgan fingerprint density at radius 2 is 2.00 bits per heavy atom. The number of aromatic amines is 1. The van der Waals surface area contributed by atoms with Crippen LogP contribution in [0.1, 0.15) is 34.1 Å². The van der Waals surface area contributed by atoms with E-state index in [-0.39, 0.29) is 0 Å². The number of morpholine rings is 1. The van der Waals surface area contributed by atoms with Gasteiger partial charge in [0.2, 0.25) is 0 Å². The topological polar surface area (TPSA) is 78.5 Å². The highest BCUT2D eigenvalue weighted by atomic mass is 16.5. The highest BCUT2D eigenvalue weighted by Crippen LogP contribution is 2.31. The molecule has 3 aromatic rings. The number of nitrogens with zero attached hydrogens (tertiary/aromatic N) is 2. The minimum Gasteiger partial charge on any atom is -0.478 e. The molecule has 1 aliphatic heterocycles. The summed E-state index contributed by atoms with van der Waals surface area (Å²) >= 11 is 0. The number of aromatic carboxylic acids is 1. The molecule has 0 bridgehead atoms. The summed E-state index contributed by atoms with van der Waals surface area (Å²) in [6.07, 6.45) is 1.83. The van der Waals surface area contributed by atoms with Crippen molar-refractivity contribution in [2.24, 2.45) is 0 Å². The lowest BCUT2D eigenvalue weighted by Gasteiger charge is -2.40. The smallest absolute Gasteiger partial charge is 0.336 e. The van der Waals surface area contributed by atoms with Crippen molar-refractivity contribution in [1.82, 2.24) is 15.1 Å². The number of rotatable bonds is 5. The van der Waals surface area contributed by atoms with Crippen LogP contribution >= 0.6 is 0 Å². The molecule has 1 aromatic heterocycles. The van der Waals surface area contributed by atoms with Crippen molar-refractivity contribution in [3.63, 3.8) is 0 Å². The molecule has 6 nitrogen and oxygen atoms in total. The average molecular weight is 391 g/mol. The maximum absolute atomic E-state index is 11.5. The molecule has 2 aromatic carbocycles. The molecule has 6 heteroatoms. The molecule has 0 unspecified atom stereocenters. The number of carbonyl (C=O) groups is 1. The Labute approximate surface area is 170 Å². The van der Waals surface area contributed by atoms with E-state index in [1.165, 1.54) is 5.56 Å². The summed E-state index contributed by atoms with van der Waals surface area (Å²) in [4.78, 5) is 13.9. The third-order valence-corrected chi connectivity index (χ3v) is 5.54. The van der Waals surface area contributed by atoms with Gasteiger partial charge >= 0.3 is 5.97 Å². The maximum atomic E-state index is 11.5. The Hall–Kier alpha value is -2.96. The lowest BCUT2D eigenvalue weighted by atomic mass is 9.96. The molecule has 0 saturated carbocycles. The van der Waals surface area contributed by atoms with Gasteiger partial charge in [0.1, 0.15) is 5.60 Å². The summed E-state index contributed by atoms with van der Waals surface area (Å²) in [5, 5.41) is 16.7. The molecule has 0 amide bonds. The Balaban J connectivity index is 1.50. The molecule has 0 radical (unpaired) electrons. The van der Waals surface area contributed by atoms with Crippen molar-refractivity contribution in [2.45, 2.75) is 26.0 Å². The monoisotopic (exact) mass is 391 g/mol. The lowest BCUT2D eigenvalue weighted by molar-refractivity contribution is -0.108. The van der Waals surface area contributed by atoms with Gasteiger partial charge in [0.25, 0.3) is 0 Å². The minimum atomic E-state index is -0.911. The summed E-state index contributed by atoms with van der Waals surface area (Å²) in [6, 6.07) is 15.2. The second-order valence-electron chi connectivity index (χ2n) is 7.77. The van der Waals surface area contributed by atoms with E-state index >= 15 is 0 Å². The predicted molar refractivity (Wildman–Crippen MR) is 111 cm³/mol. The van der Waals surface area contributed by atoms with Crippen LogP contribution in [-0.4, -0.2) is 45.9 Å². The van der Waals surface area contributed by atoms with Gasteiger partial charge in [-0.1, -0.05) is 42.5 Å². The van der Waals surface area contributed by atoms with Gasteiger partial charge in [-0.15, -0.1) is 0 Å². The van der Waals surface area contributed by atoms with E-state index in [0.717, 1.165) is 42.0 Å². The number of aryl methyl sites for hydroxylation is 1. The summed E-state index contributed by atoms with van der Waals surface area (Å²) in [5.41, 5.74) is 4.89. The van der Waals surface area contributed by atoms with Crippen LogP contribution in [-0.2, 0) is 16.9 Å². The highest BCUT2D eigenvalue weighted by molar-refractivity contribution is 5.95. The quantitative estimate of drug-likeness (QED) is 0.691. The van der Waals surface area contributed by atoms with Crippen LogP contribution in [0.25, 0.3) is 11.1 Å². The van der Waals surface area contributed by atoms with Crippen LogP contribution < -0.4 is 0 Å². The summed E-state index contributed by atoms with van der Waals surface area (Å²) in [5.74, 6) is -0.911. The number of hydrogen-bond donors (Lipinski definition) is 2. The van der Waals surface area contributed by atoms with Crippen molar-refractivity contribution in [3.8, 4) is 11.1 Å². The van der Waals surface area contributed by atoms with Crippen LogP contribution in [0, 0.1) is 6.92 Å². The Morgan fingerprint density at radius 3 is 2.69 bits per heavy atom. The van der Waals surface area contributed by atoms with E-state index in [2.05, 4.69) is 34.2 Å². The Kier molecular flexibility index (Phi) is 5.22. The number of H-pyrrole nitrogens is 1. The van der Waals surface area contributed by atoms with Crippen LogP contribution in [0.5, 0.6) is 0 Å². The van der Waals surface area contributed by atoms with Gasteiger partial charge in [-0.3, -0.25) is 10.00 Å². The summed E-state index contributed by atoms with van der Waals surface area (Å²) < 4.78 is 6.10. The first-order valence-electron chi connectivity index (χ1n) is 9.75. The normalized spacial score (nSPS) is 19.9. The number of carboxylic acid groups (broad SMARTS) is 1. The van der Waals surface area contributed by atoms with Crippen LogP contribution in [0.15, 0.2) is 54.7 Å². The molecule has 29 heavy (non-hydrogen) atoms. The number of aromatic nitrogens is 2. The van der Waals surface area contributed by atoms with Gasteiger partial charge < -0.3 is 9.84 Å². The molecule has 150 valence electrons. The van der Waals surface area contributed by atoms with Crippen molar-refractivity contribution >= 4 is 5.97 Å². The van der Waals surface area contributed by atoms with Crippen molar-refractivity contribution in [1.29, 1.82) is 0 Å². The van der Waals surface area contributed by atoms with Gasteiger partial charge in [-0.05, 0) is 42.2 Å². The zero-order chi connectivity index (χ0) is 20.4. The van der Waals surface area contributed by atoms with Crippen LogP contribution in [0.4, 0.5) is 0 Å². The van der Waals surface area contributed by atoms with Crippen LogP contribution in [0.3, 0.4) is 0 Å². The molecule has 1 saturated heterocycles. The number of benzene rings is 2. The van der Waals surface area contributed by atoms with Gasteiger partial charge in [-0.25, -0.2) is 4.79 Å². The fourth-order valence-corrected chi connectivity index (χ4v) is 4.09. The molecular weight excluding hydrogens is 366 g/mol. The fourth-order valence-electron chi connectivity index (χ4n) is 4.09. The standard InChI is InChI=1S/C23H25N3O3/c1-16-13-24-25-21(16)23(2)15-26(11-12-29-23)14-17-7-9-18(10-8-17)19-5-3-4-6-20(19)22(27)28/h3-10,13H,11-12,14-15H2,1-2H3,(H,24,25)(H,27,28)/t23-/m1/s1. The second-order valence-corrected chi connectivity index (χ2v) is 7.77. The van der Waals surface area contributed by atoms with Crippen molar-refractivity contribution in [3.05, 3.63) is 77.1 Å². The molecule has 2 heterocycles. The zero-order valence-corrected chi connectivity index (χ0v) is 16.7. The molecule has 4 rings (SSSR count). The van der Waals surface area contributed by atoms with Crippen LogP contribution in [0.2, 0.25) is 0 Å². The molecule has 1 fully saturated rings. The SMILES string of the molecule is Cc1cn[nH]c1[C@@]1(C)CN(Cc2ccc(-c3ccccc3C(=O)O)cc2)CCO1. The average Bonchev–Trinajstić information content (AvgIpc) is 3.15. The predicted octanol–water partition coefficient (Wildman–Crippen LogP) is 3.83. The second kappa shape index (κ2) is 7.81. The Morgan fingerprint density at radius 1 is 1.24 bits per heavy atom. The van der Waals surface area contributed by atoms with Gasteiger partial charge in [0.15, 0.2) is 0 Å². The summed E-state index contributed by atoms with van der Waals surface area (Å²) in [7, 11) is 0. The third-order valence-electron chi connectivity index (χ3n) is 5.54. The summed E-state index contributed by atoms with van der Waals surface area (Å²) in [6.45, 7) is 7.27. The largest absolute Gasteiger partial charge is 0.478 e. The number of nitrogens with one attached hydrogen (secondary N) is 1. The van der Waals surface area contributed by atoms with Crippen molar-refractivity contribution < 1.29 is 14.6 Å². The van der Waals surface area contributed by atoms with E-state index in [0.29, 0.717) is 12.2 Å². The van der Waals surface area contributed by atoms with E-state index in [9.17, 15) is 9.90 Å². The molecular formula is C23H25N3O3. The molecule has 1 aliphatic rings. The number of carboxylic acids is 1. The maximum Gasteiger partial charge on any atom is 0.336 e. The lowest BCUT2D eigenvalue weighted by Crippen LogP contribution is -2.48. The first kappa shape index (κ1) is 19.4. The molecule has 1 atom stereocenters. The number of hydrogen-bond acceptors (Lipinski definition) is 4. The van der Waals surface area contributed by atoms with Gasteiger partial charge in [0, 0.05) is 19.6 Å². The van der Waals surface area contributed by atoms with E-state index in [1.54, 1.807) is 12.1 Å². The first-order valence-corrected chi connectivity index (χ1v) is 9.75. The van der Waals surface area contributed by atoms with Crippen molar-refractivity contribution in [2.75, 3.05) is 19.7 Å². The fraction of sp³-hybridized carbons (Fsp3) is 0.304. The zero-order valence-electron chi connectivity index (χ0n) is 16.7. The third kappa shape index (κ3) is 3.95. The highest BCUT2D eigenvalue weighted by Gasteiger charge is 2.36. The molecule has 2 N–H and O–H groups in total. The van der Waals surface area contributed by atoms with E-state index in [4.69, 9.17) is 4.74 Å². The molecule has 0 aliphatic carbocycles. The Bertz CT molecular complexity index is 1010.